The number of carbonyl (C=O) groups is 1. The van der Waals surface area contributed by atoms with E-state index < -0.39 is 0 Å². The first kappa shape index (κ1) is 17.6. The van der Waals surface area contributed by atoms with Crippen molar-refractivity contribution in [2.24, 2.45) is 0 Å². The first-order valence-corrected chi connectivity index (χ1v) is 8.73. The summed E-state index contributed by atoms with van der Waals surface area (Å²) in [5.41, 5.74) is 3.01. The molecule has 0 spiro atoms. The molecule has 2 heterocycles. The highest BCUT2D eigenvalue weighted by molar-refractivity contribution is 5.94. The van der Waals surface area contributed by atoms with Crippen molar-refractivity contribution in [1.29, 1.82) is 0 Å². The molecule has 25 heavy (non-hydrogen) atoms. The molecule has 1 aromatic carbocycles. The molecule has 6 heteroatoms. The molecule has 0 aliphatic carbocycles. The van der Waals surface area contributed by atoms with Gasteiger partial charge in [0.05, 0.1) is 18.9 Å². The third kappa shape index (κ3) is 4.27. The van der Waals surface area contributed by atoms with E-state index in [1.807, 2.05) is 29.1 Å². The Morgan fingerprint density at radius 1 is 1.40 bits per heavy atom. The topological polar surface area (TPSA) is 50.6 Å². The smallest absolute Gasteiger partial charge is 0.253 e. The van der Waals surface area contributed by atoms with Gasteiger partial charge in [0, 0.05) is 57.6 Å². The summed E-state index contributed by atoms with van der Waals surface area (Å²) in [6.07, 6.45) is 4.01. The van der Waals surface area contributed by atoms with Crippen LogP contribution in [0.3, 0.4) is 0 Å². The van der Waals surface area contributed by atoms with Gasteiger partial charge in [-0.1, -0.05) is 12.1 Å². The van der Waals surface area contributed by atoms with Crippen LogP contribution in [0.15, 0.2) is 36.7 Å². The van der Waals surface area contributed by atoms with Crippen molar-refractivity contribution in [3.63, 3.8) is 0 Å². The number of hydrogen-bond donors (Lipinski definition) is 0. The van der Waals surface area contributed by atoms with E-state index in [0.717, 1.165) is 42.9 Å². The van der Waals surface area contributed by atoms with E-state index in [1.165, 1.54) is 0 Å². The van der Waals surface area contributed by atoms with Gasteiger partial charge in [-0.25, -0.2) is 0 Å². The van der Waals surface area contributed by atoms with E-state index >= 15 is 0 Å². The Balaban J connectivity index is 1.66. The van der Waals surface area contributed by atoms with E-state index in [0.29, 0.717) is 6.61 Å². The SMILES string of the molecule is CCn1cc([C@H]2CN(Cc3cccc(C(=O)N(C)C)c3)CCO2)cn1. The number of aromatic nitrogens is 2. The molecule has 1 aliphatic heterocycles. The number of hydrogen-bond acceptors (Lipinski definition) is 4. The lowest BCUT2D eigenvalue weighted by Gasteiger charge is -2.32. The zero-order valence-corrected chi connectivity index (χ0v) is 15.2. The fourth-order valence-corrected chi connectivity index (χ4v) is 3.09. The van der Waals surface area contributed by atoms with Crippen LogP contribution in [0.25, 0.3) is 0 Å². The van der Waals surface area contributed by atoms with Crippen LogP contribution in [0.2, 0.25) is 0 Å². The normalized spacial score (nSPS) is 18.3. The number of carbonyl (C=O) groups excluding carboxylic acids is 1. The van der Waals surface area contributed by atoms with Crippen molar-refractivity contribution in [2.45, 2.75) is 26.1 Å². The highest BCUT2D eigenvalue weighted by Gasteiger charge is 2.23. The van der Waals surface area contributed by atoms with Crippen LogP contribution in [0.4, 0.5) is 0 Å². The van der Waals surface area contributed by atoms with Gasteiger partial charge in [-0.2, -0.15) is 5.10 Å². The van der Waals surface area contributed by atoms with Crippen molar-refractivity contribution in [2.75, 3.05) is 33.8 Å². The number of nitrogens with zero attached hydrogens (tertiary/aromatic N) is 4. The maximum absolute atomic E-state index is 12.1. The lowest BCUT2D eigenvalue weighted by Crippen LogP contribution is -2.37. The van der Waals surface area contributed by atoms with E-state index in [2.05, 4.69) is 29.2 Å². The summed E-state index contributed by atoms with van der Waals surface area (Å²) in [5, 5.41) is 4.34. The average Bonchev–Trinajstić information content (AvgIpc) is 3.11. The maximum Gasteiger partial charge on any atom is 0.253 e. The minimum absolute atomic E-state index is 0.0358. The van der Waals surface area contributed by atoms with Gasteiger partial charge < -0.3 is 9.64 Å². The molecule has 0 radical (unpaired) electrons. The molecule has 3 rings (SSSR count). The molecule has 1 saturated heterocycles. The fourth-order valence-electron chi connectivity index (χ4n) is 3.09. The minimum atomic E-state index is 0.0358. The number of rotatable bonds is 5. The Kier molecular flexibility index (Phi) is 5.50. The summed E-state index contributed by atoms with van der Waals surface area (Å²) >= 11 is 0. The lowest BCUT2D eigenvalue weighted by molar-refractivity contribution is -0.0329. The van der Waals surface area contributed by atoms with E-state index in [9.17, 15) is 4.79 Å². The summed E-state index contributed by atoms with van der Waals surface area (Å²) < 4.78 is 7.85. The molecule has 1 aliphatic rings. The highest BCUT2D eigenvalue weighted by Crippen LogP contribution is 2.23. The van der Waals surface area contributed by atoms with Crippen LogP contribution in [-0.2, 0) is 17.8 Å². The zero-order valence-electron chi connectivity index (χ0n) is 15.2. The van der Waals surface area contributed by atoms with Crippen LogP contribution < -0.4 is 0 Å². The Morgan fingerprint density at radius 3 is 2.96 bits per heavy atom. The maximum atomic E-state index is 12.1. The first-order chi connectivity index (χ1) is 12.1. The van der Waals surface area contributed by atoms with Crippen molar-refractivity contribution in [3.8, 4) is 0 Å². The number of ether oxygens (including phenoxy) is 1. The average molecular weight is 342 g/mol. The third-order valence-electron chi connectivity index (χ3n) is 4.49. The van der Waals surface area contributed by atoms with Gasteiger partial charge >= 0.3 is 0 Å². The van der Waals surface area contributed by atoms with Gasteiger partial charge in [0.15, 0.2) is 0 Å². The third-order valence-corrected chi connectivity index (χ3v) is 4.49. The van der Waals surface area contributed by atoms with Crippen molar-refractivity contribution in [3.05, 3.63) is 53.3 Å². The van der Waals surface area contributed by atoms with E-state index in [-0.39, 0.29) is 12.0 Å². The Morgan fingerprint density at radius 2 is 2.24 bits per heavy atom. The quantitative estimate of drug-likeness (QED) is 0.836. The number of amides is 1. The summed E-state index contributed by atoms with van der Waals surface area (Å²) in [4.78, 5) is 16.1. The molecule has 1 aromatic heterocycles. The number of benzene rings is 1. The van der Waals surface area contributed by atoms with Gasteiger partial charge in [-0.15, -0.1) is 0 Å². The van der Waals surface area contributed by atoms with E-state index in [4.69, 9.17) is 4.74 Å². The minimum Gasteiger partial charge on any atom is -0.371 e. The van der Waals surface area contributed by atoms with Crippen molar-refractivity contribution < 1.29 is 9.53 Å². The summed E-state index contributed by atoms with van der Waals surface area (Å²) in [7, 11) is 3.55. The second kappa shape index (κ2) is 7.80. The molecule has 6 nitrogen and oxygen atoms in total. The molecule has 0 unspecified atom stereocenters. The number of aryl methyl sites for hydroxylation is 1. The van der Waals surface area contributed by atoms with Crippen LogP contribution in [-0.4, -0.2) is 59.3 Å². The van der Waals surface area contributed by atoms with Crippen LogP contribution >= 0.6 is 0 Å². The van der Waals surface area contributed by atoms with Gasteiger partial charge in [0.1, 0.15) is 0 Å². The molecule has 0 bridgehead atoms. The van der Waals surface area contributed by atoms with Gasteiger partial charge in [0.25, 0.3) is 5.91 Å². The molecule has 134 valence electrons. The molecular weight excluding hydrogens is 316 g/mol. The van der Waals surface area contributed by atoms with Crippen molar-refractivity contribution in [1.82, 2.24) is 19.6 Å². The zero-order chi connectivity index (χ0) is 17.8. The first-order valence-electron chi connectivity index (χ1n) is 8.73. The predicted molar refractivity (Wildman–Crippen MR) is 96.3 cm³/mol. The summed E-state index contributed by atoms with van der Waals surface area (Å²) in [6.45, 7) is 6.19. The summed E-state index contributed by atoms with van der Waals surface area (Å²) in [6, 6.07) is 7.89. The second-order valence-electron chi connectivity index (χ2n) is 6.62. The molecule has 1 amide bonds. The molecule has 0 N–H and O–H groups in total. The Hall–Kier alpha value is -2.18. The highest BCUT2D eigenvalue weighted by atomic mass is 16.5. The van der Waals surface area contributed by atoms with Crippen molar-refractivity contribution >= 4 is 5.91 Å². The second-order valence-corrected chi connectivity index (χ2v) is 6.62. The Labute approximate surface area is 149 Å². The van der Waals surface area contributed by atoms with Crippen LogP contribution in [0.1, 0.15) is 34.5 Å². The lowest BCUT2D eigenvalue weighted by atomic mass is 10.1. The molecule has 1 fully saturated rings. The monoisotopic (exact) mass is 342 g/mol. The van der Waals surface area contributed by atoms with Crippen LogP contribution in [0, 0.1) is 0 Å². The van der Waals surface area contributed by atoms with Crippen LogP contribution in [0.5, 0.6) is 0 Å². The molecule has 0 saturated carbocycles. The largest absolute Gasteiger partial charge is 0.371 e. The Bertz CT molecular complexity index is 726. The van der Waals surface area contributed by atoms with E-state index in [1.54, 1.807) is 19.0 Å². The number of morpholine rings is 1. The fraction of sp³-hybridized carbons (Fsp3) is 0.474. The standard InChI is InChI=1S/C19H26N4O2/c1-4-23-13-17(11-20-23)18-14-22(8-9-25-18)12-15-6-5-7-16(10-15)19(24)21(2)3/h5-7,10-11,13,18H,4,8-9,12,14H2,1-3H3/t18-/m1/s1. The molecule has 1 atom stereocenters. The van der Waals surface area contributed by atoms with Gasteiger partial charge in [-0.3, -0.25) is 14.4 Å². The molecular formula is C19H26N4O2. The summed E-state index contributed by atoms with van der Waals surface area (Å²) in [5.74, 6) is 0.0358. The van der Waals surface area contributed by atoms with Gasteiger partial charge in [-0.05, 0) is 24.6 Å². The van der Waals surface area contributed by atoms with Gasteiger partial charge in [0.2, 0.25) is 0 Å². The molecule has 2 aromatic rings. The predicted octanol–water partition coefficient (Wildman–Crippen LogP) is 2.18.